The second kappa shape index (κ2) is 7.05. The molecule has 124 valence electrons. The standard InChI is InChI=1S/C16H17FN6O/c17-10-4-1-2-5-11(10)21-14-13-12(6-9-19-15(13)24)22-16(23-14)20-8-3-7-18/h1-2,4-6,9H,3,7-8,18H2,(H,19,24)(H2,20,21,22,23). The van der Waals surface area contributed by atoms with Crippen molar-refractivity contribution in [2.75, 3.05) is 23.7 Å². The average molecular weight is 328 g/mol. The molecule has 0 spiro atoms. The van der Waals surface area contributed by atoms with Gasteiger partial charge in [-0.1, -0.05) is 12.1 Å². The molecule has 0 aliphatic rings. The first-order valence-corrected chi connectivity index (χ1v) is 7.54. The Balaban J connectivity index is 2.06. The number of aromatic nitrogens is 3. The molecule has 2 heterocycles. The van der Waals surface area contributed by atoms with Crippen molar-refractivity contribution in [3.8, 4) is 0 Å². The molecule has 0 aliphatic carbocycles. The Labute approximate surface area is 137 Å². The first-order valence-electron chi connectivity index (χ1n) is 7.54. The molecule has 0 radical (unpaired) electrons. The first kappa shape index (κ1) is 15.9. The number of rotatable bonds is 6. The van der Waals surface area contributed by atoms with E-state index in [1.807, 2.05) is 0 Å². The van der Waals surface area contributed by atoms with Gasteiger partial charge in [-0.05, 0) is 31.2 Å². The molecule has 0 fully saturated rings. The minimum Gasteiger partial charge on any atom is -0.354 e. The van der Waals surface area contributed by atoms with E-state index in [0.717, 1.165) is 6.42 Å². The highest BCUT2D eigenvalue weighted by atomic mass is 19.1. The van der Waals surface area contributed by atoms with Crippen molar-refractivity contribution < 1.29 is 4.39 Å². The van der Waals surface area contributed by atoms with Gasteiger partial charge >= 0.3 is 0 Å². The molecule has 7 nitrogen and oxygen atoms in total. The Morgan fingerprint density at radius 3 is 2.83 bits per heavy atom. The molecular formula is C16H17FN6O. The van der Waals surface area contributed by atoms with Crippen molar-refractivity contribution in [2.45, 2.75) is 6.42 Å². The summed E-state index contributed by atoms with van der Waals surface area (Å²) >= 11 is 0. The summed E-state index contributed by atoms with van der Waals surface area (Å²) in [6, 6.07) is 7.85. The van der Waals surface area contributed by atoms with Crippen LogP contribution < -0.4 is 21.9 Å². The number of fused-ring (bicyclic) bond motifs is 1. The van der Waals surface area contributed by atoms with Crippen LogP contribution in [0.25, 0.3) is 10.9 Å². The summed E-state index contributed by atoms with van der Waals surface area (Å²) in [5.41, 5.74) is 5.82. The lowest BCUT2D eigenvalue weighted by molar-refractivity contribution is 0.632. The van der Waals surface area contributed by atoms with E-state index in [1.165, 1.54) is 12.3 Å². The molecule has 2 aromatic heterocycles. The Morgan fingerprint density at radius 1 is 1.21 bits per heavy atom. The van der Waals surface area contributed by atoms with Crippen molar-refractivity contribution in [1.82, 2.24) is 15.0 Å². The van der Waals surface area contributed by atoms with Crippen LogP contribution in [0.2, 0.25) is 0 Å². The maximum absolute atomic E-state index is 13.9. The number of para-hydroxylation sites is 1. The zero-order valence-corrected chi connectivity index (χ0v) is 12.8. The predicted octanol–water partition coefficient (Wildman–Crippen LogP) is 1.96. The Kier molecular flexibility index (Phi) is 4.66. The number of pyridine rings is 1. The van der Waals surface area contributed by atoms with Gasteiger partial charge in [0, 0.05) is 12.7 Å². The summed E-state index contributed by atoms with van der Waals surface area (Å²) in [5, 5.41) is 6.19. The minimum atomic E-state index is -0.436. The highest BCUT2D eigenvalue weighted by Crippen LogP contribution is 2.24. The molecule has 0 saturated heterocycles. The summed E-state index contributed by atoms with van der Waals surface area (Å²) in [4.78, 5) is 23.3. The fourth-order valence-electron chi connectivity index (χ4n) is 2.25. The normalized spacial score (nSPS) is 10.8. The number of anilines is 3. The molecule has 0 unspecified atom stereocenters. The third-order valence-corrected chi connectivity index (χ3v) is 3.41. The zero-order valence-electron chi connectivity index (χ0n) is 12.8. The number of halogens is 1. The second-order valence-corrected chi connectivity index (χ2v) is 5.14. The monoisotopic (exact) mass is 328 g/mol. The Bertz CT molecular complexity index is 910. The van der Waals surface area contributed by atoms with Crippen LogP contribution in [-0.2, 0) is 0 Å². The molecule has 1 aromatic carbocycles. The van der Waals surface area contributed by atoms with Crippen molar-refractivity contribution in [3.05, 3.63) is 52.7 Å². The minimum absolute atomic E-state index is 0.230. The predicted molar refractivity (Wildman–Crippen MR) is 92.0 cm³/mol. The lowest BCUT2D eigenvalue weighted by atomic mass is 10.2. The summed E-state index contributed by atoms with van der Waals surface area (Å²) in [5.74, 6) is 0.150. The molecular weight excluding hydrogens is 311 g/mol. The molecule has 3 rings (SSSR count). The third-order valence-electron chi connectivity index (χ3n) is 3.41. The van der Waals surface area contributed by atoms with Crippen molar-refractivity contribution in [1.29, 1.82) is 0 Å². The Hall–Kier alpha value is -3.00. The molecule has 0 saturated carbocycles. The number of H-pyrrole nitrogens is 1. The Morgan fingerprint density at radius 2 is 2.04 bits per heavy atom. The molecule has 0 amide bonds. The number of hydrogen-bond donors (Lipinski definition) is 4. The maximum Gasteiger partial charge on any atom is 0.261 e. The number of aromatic amines is 1. The van der Waals surface area contributed by atoms with Crippen LogP contribution in [0.4, 0.5) is 21.8 Å². The van der Waals surface area contributed by atoms with Crippen molar-refractivity contribution in [2.24, 2.45) is 5.73 Å². The van der Waals surface area contributed by atoms with E-state index in [2.05, 4.69) is 25.6 Å². The van der Waals surface area contributed by atoms with E-state index < -0.39 is 5.82 Å². The van der Waals surface area contributed by atoms with Crippen LogP contribution in [-0.4, -0.2) is 28.0 Å². The number of nitrogens with two attached hydrogens (primary N) is 1. The zero-order chi connectivity index (χ0) is 16.9. The fraction of sp³-hybridized carbons (Fsp3) is 0.188. The highest BCUT2D eigenvalue weighted by molar-refractivity contribution is 5.90. The number of benzene rings is 1. The van der Waals surface area contributed by atoms with E-state index in [1.54, 1.807) is 24.3 Å². The molecule has 24 heavy (non-hydrogen) atoms. The number of nitrogens with one attached hydrogen (secondary N) is 3. The van der Waals surface area contributed by atoms with E-state index in [-0.39, 0.29) is 22.5 Å². The van der Waals surface area contributed by atoms with Gasteiger partial charge in [0.25, 0.3) is 5.56 Å². The quantitative estimate of drug-likeness (QED) is 0.515. The van der Waals surface area contributed by atoms with Crippen LogP contribution in [0, 0.1) is 5.82 Å². The summed E-state index contributed by atoms with van der Waals surface area (Å²) in [6.45, 7) is 1.14. The van der Waals surface area contributed by atoms with Gasteiger partial charge < -0.3 is 21.4 Å². The summed E-state index contributed by atoms with van der Waals surface area (Å²) < 4.78 is 13.9. The second-order valence-electron chi connectivity index (χ2n) is 5.14. The van der Waals surface area contributed by atoms with E-state index in [0.29, 0.717) is 24.6 Å². The number of hydrogen-bond acceptors (Lipinski definition) is 6. The first-order chi connectivity index (χ1) is 11.7. The van der Waals surface area contributed by atoms with E-state index in [9.17, 15) is 9.18 Å². The van der Waals surface area contributed by atoms with Gasteiger partial charge in [0.15, 0.2) is 0 Å². The molecule has 0 bridgehead atoms. The SMILES string of the molecule is NCCCNc1nc(Nc2ccccc2F)c2c(=O)[nH]ccc2n1. The number of nitrogens with zero attached hydrogens (tertiary/aromatic N) is 2. The third kappa shape index (κ3) is 3.33. The maximum atomic E-state index is 13.9. The molecule has 8 heteroatoms. The van der Waals surface area contributed by atoms with Gasteiger partial charge in [-0.2, -0.15) is 4.98 Å². The summed E-state index contributed by atoms with van der Waals surface area (Å²) in [6.07, 6.45) is 2.26. The van der Waals surface area contributed by atoms with Crippen molar-refractivity contribution in [3.63, 3.8) is 0 Å². The van der Waals surface area contributed by atoms with Crippen LogP contribution >= 0.6 is 0 Å². The van der Waals surface area contributed by atoms with Gasteiger partial charge in [-0.25, -0.2) is 9.37 Å². The van der Waals surface area contributed by atoms with Crippen LogP contribution in [0.15, 0.2) is 41.3 Å². The van der Waals surface area contributed by atoms with Crippen molar-refractivity contribution >= 4 is 28.4 Å². The highest BCUT2D eigenvalue weighted by Gasteiger charge is 2.12. The topological polar surface area (TPSA) is 109 Å². The molecule has 5 N–H and O–H groups in total. The van der Waals surface area contributed by atoms with Gasteiger partial charge in [-0.15, -0.1) is 0 Å². The van der Waals surface area contributed by atoms with Crippen LogP contribution in [0.3, 0.4) is 0 Å². The van der Waals surface area contributed by atoms with Gasteiger partial charge in [-0.3, -0.25) is 4.79 Å². The van der Waals surface area contributed by atoms with Crippen LogP contribution in [0.1, 0.15) is 6.42 Å². The largest absolute Gasteiger partial charge is 0.354 e. The lowest BCUT2D eigenvalue weighted by Crippen LogP contribution is -2.14. The van der Waals surface area contributed by atoms with E-state index in [4.69, 9.17) is 5.73 Å². The smallest absolute Gasteiger partial charge is 0.261 e. The van der Waals surface area contributed by atoms with Crippen LogP contribution in [0.5, 0.6) is 0 Å². The molecule has 3 aromatic rings. The lowest BCUT2D eigenvalue weighted by Gasteiger charge is -2.11. The molecule has 0 aliphatic heterocycles. The summed E-state index contributed by atoms with van der Waals surface area (Å²) in [7, 11) is 0. The van der Waals surface area contributed by atoms with Gasteiger partial charge in [0.05, 0.1) is 11.2 Å². The average Bonchev–Trinajstić information content (AvgIpc) is 2.57. The molecule has 0 atom stereocenters. The van der Waals surface area contributed by atoms with Gasteiger partial charge in [0.1, 0.15) is 17.0 Å². The fourth-order valence-corrected chi connectivity index (χ4v) is 2.25. The van der Waals surface area contributed by atoms with E-state index >= 15 is 0 Å². The van der Waals surface area contributed by atoms with Gasteiger partial charge in [0.2, 0.25) is 5.95 Å².